The number of aromatic nitrogens is 3. The first-order valence-corrected chi connectivity index (χ1v) is 10.1. The van der Waals surface area contributed by atoms with E-state index in [0.717, 1.165) is 4.90 Å². The van der Waals surface area contributed by atoms with Gasteiger partial charge in [-0.05, 0) is 36.4 Å². The maximum Gasteiger partial charge on any atom is 0.363 e. The number of para-hydroxylation sites is 1. The Labute approximate surface area is 194 Å². The molecule has 1 aliphatic rings. The van der Waals surface area contributed by atoms with Crippen molar-refractivity contribution in [2.24, 2.45) is 4.99 Å². The number of hydrogen-bond acceptors (Lipinski definition) is 8. The SMILES string of the molecule is C=CCOc1ccccc1/C=C1/N=C(c2ccc(N(C(C)=O)C(=O)c3ncn[nH]3)cc2)OC1=O. The van der Waals surface area contributed by atoms with Gasteiger partial charge in [0.1, 0.15) is 18.7 Å². The van der Waals surface area contributed by atoms with Crippen molar-refractivity contribution in [1.82, 2.24) is 15.2 Å². The van der Waals surface area contributed by atoms with E-state index >= 15 is 0 Å². The predicted octanol–water partition coefficient (Wildman–Crippen LogP) is 2.91. The van der Waals surface area contributed by atoms with Crippen LogP contribution in [0.5, 0.6) is 5.75 Å². The van der Waals surface area contributed by atoms with Gasteiger partial charge in [-0.25, -0.2) is 19.7 Å². The molecule has 0 spiro atoms. The highest BCUT2D eigenvalue weighted by atomic mass is 16.6. The number of benzene rings is 2. The van der Waals surface area contributed by atoms with Gasteiger partial charge in [-0.3, -0.25) is 14.7 Å². The molecule has 0 unspecified atom stereocenters. The molecular weight excluding hydrogens is 438 g/mol. The zero-order chi connectivity index (χ0) is 24.1. The number of rotatable bonds is 7. The van der Waals surface area contributed by atoms with Crippen LogP contribution < -0.4 is 9.64 Å². The highest BCUT2D eigenvalue weighted by Crippen LogP contribution is 2.26. The lowest BCUT2D eigenvalue weighted by atomic mass is 10.1. The minimum atomic E-state index is -0.648. The average Bonchev–Trinajstić information content (AvgIpc) is 3.49. The Bertz CT molecular complexity index is 1310. The van der Waals surface area contributed by atoms with Crippen LogP contribution in [0.4, 0.5) is 5.69 Å². The van der Waals surface area contributed by atoms with Crippen molar-refractivity contribution in [1.29, 1.82) is 0 Å². The number of aromatic amines is 1. The van der Waals surface area contributed by atoms with E-state index < -0.39 is 17.8 Å². The molecule has 0 atom stereocenters. The summed E-state index contributed by atoms with van der Waals surface area (Å²) >= 11 is 0. The van der Waals surface area contributed by atoms with Crippen molar-refractivity contribution in [3.8, 4) is 5.75 Å². The number of carbonyl (C=O) groups excluding carboxylic acids is 3. The molecule has 1 aliphatic heterocycles. The Morgan fingerprint density at radius 1 is 1.18 bits per heavy atom. The fourth-order valence-electron chi connectivity index (χ4n) is 3.17. The molecule has 34 heavy (non-hydrogen) atoms. The monoisotopic (exact) mass is 457 g/mol. The molecule has 3 aromatic rings. The summed E-state index contributed by atoms with van der Waals surface area (Å²) in [5.41, 5.74) is 1.58. The second-order valence-corrected chi connectivity index (χ2v) is 7.01. The number of hydrogen-bond donors (Lipinski definition) is 1. The number of aliphatic imine (C=N–C) groups is 1. The predicted molar refractivity (Wildman–Crippen MR) is 123 cm³/mol. The summed E-state index contributed by atoms with van der Waals surface area (Å²) in [6.45, 7) is 5.21. The second kappa shape index (κ2) is 9.74. The molecule has 1 aromatic heterocycles. The summed E-state index contributed by atoms with van der Waals surface area (Å²) in [5, 5.41) is 6.07. The van der Waals surface area contributed by atoms with Crippen molar-refractivity contribution in [3.63, 3.8) is 0 Å². The van der Waals surface area contributed by atoms with Crippen LogP contribution in [0.1, 0.15) is 28.7 Å². The van der Waals surface area contributed by atoms with Gasteiger partial charge in [0.15, 0.2) is 5.70 Å². The number of H-pyrrole nitrogens is 1. The maximum atomic E-state index is 12.6. The third kappa shape index (κ3) is 4.65. The Morgan fingerprint density at radius 3 is 2.62 bits per heavy atom. The number of carbonyl (C=O) groups is 3. The largest absolute Gasteiger partial charge is 0.489 e. The van der Waals surface area contributed by atoms with Gasteiger partial charge >= 0.3 is 11.9 Å². The van der Waals surface area contributed by atoms with Gasteiger partial charge in [-0.15, -0.1) is 0 Å². The van der Waals surface area contributed by atoms with Crippen LogP contribution in [0, 0.1) is 0 Å². The topological polar surface area (TPSA) is 127 Å². The van der Waals surface area contributed by atoms with Gasteiger partial charge in [0, 0.05) is 18.1 Å². The molecule has 10 heteroatoms. The van der Waals surface area contributed by atoms with Crippen molar-refractivity contribution in [3.05, 3.63) is 90.2 Å². The fraction of sp³-hybridized carbons (Fsp3) is 0.0833. The summed E-state index contributed by atoms with van der Waals surface area (Å²) < 4.78 is 10.9. The van der Waals surface area contributed by atoms with Crippen LogP contribution in [0.2, 0.25) is 0 Å². The number of nitrogens with zero attached hydrogens (tertiary/aromatic N) is 4. The first-order chi connectivity index (χ1) is 16.5. The lowest BCUT2D eigenvalue weighted by molar-refractivity contribution is -0.130. The van der Waals surface area contributed by atoms with Crippen LogP contribution in [0.25, 0.3) is 6.08 Å². The molecule has 4 rings (SSSR count). The quantitative estimate of drug-likeness (QED) is 0.328. The molecule has 170 valence electrons. The Kier molecular flexibility index (Phi) is 6.40. The second-order valence-electron chi connectivity index (χ2n) is 7.01. The Morgan fingerprint density at radius 2 is 1.94 bits per heavy atom. The molecule has 2 amide bonds. The van der Waals surface area contributed by atoms with Gasteiger partial charge in [0.2, 0.25) is 17.6 Å². The number of amides is 2. The number of ether oxygens (including phenoxy) is 2. The molecule has 2 aromatic carbocycles. The van der Waals surface area contributed by atoms with E-state index in [4.69, 9.17) is 9.47 Å². The molecule has 0 aliphatic carbocycles. The zero-order valence-corrected chi connectivity index (χ0v) is 18.1. The third-order valence-corrected chi connectivity index (χ3v) is 4.70. The van der Waals surface area contributed by atoms with E-state index in [-0.39, 0.29) is 17.4 Å². The summed E-state index contributed by atoms with van der Waals surface area (Å²) in [6.07, 6.45) is 4.38. The maximum absolute atomic E-state index is 12.6. The van der Waals surface area contributed by atoms with Crippen molar-refractivity contribution in [2.45, 2.75) is 6.92 Å². The molecule has 0 saturated heterocycles. The molecule has 0 bridgehead atoms. The van der Waals surface area contributed by atoms with Crippen molar-refractivity contribution < 1.29 is 23.9 Å². The number of imide groups is 1. The normalized spacial score (nSPS) is 13.9. The first-order valence-electron chi connectivity index (χ1n) is 10.1. The molecule has 0 saturated carbocycles. The minimum absolute atomic E-state index is 0.0690. The zero-order valence-electron chi connectivity index (χ0n) is 18.1. The molecule has 0 radical (unpaired) electrons. The summed E-state index contributed by atoms with van der Waals surface area (Å²) in [6, 6.07) is 13.5. The average molecular weight is 457 g/mol. The summed E-state index contributed by atoms with van der Waals surface area (Å²) in [4.78, 5) is 46.1. The molecule has 10 nitrogen and oxygen atoms in total. The van der Waals surface area contributed by atoms with Crippen molar-refractivity contribution in [2.75, 3.05) is 11.5 Å². The smallest absolute Gasteiger partial charge is 0.363 e. The van der Waals surface area contributed by atoms with E-state index in [0.29, 0.717) is 29.2 Å². The van der Waals surface area contributed by atoms with Crippen LogP contribution in [0.15, 0.2) is 78.2 Å². The molecule has 0 fully saturated rings. The van der Waals surface area contributed by atoms with E-state index in [1.165, 1.54) is 13.3 Å². The standard InChI is InChI=1S/C24H19N5O5/c1-3-12-33-20-7-5-4-6-17(20)13-19-24(32)34-22(27-19)16-8-10-18(11-9-16)29(15(2)30)23(31)21-25-14-26-28-21/h3-11,13-14H,1,12H2,2H3,(H,25,26,28)/b19-13+. The summed E-state index contributed by atoms with van der Waals surface area (Å²) in [5.74, 6) is -1.14. The van der Waals surface area contributed by atoms with Gasteiger partial charge in [0.25, 0.3) is 0 Å². The van der Waals surface area contributed by atoms with E-state index in [9.17, 15) is 14.4 Å². The molecular formula is C24H19N5O5. The minimum Gasteiger partial charge on any atom is -0.489 e. The van der Waals surface area contributed by atoms with E-state index in [2.05, 4.69) is 26.8 Å². The van der Waals surface area contributed by atoms with E-state index in [1.807, 2.05) is 12.1 Å². The highest BCUT2D eigenvalue weighted by Gasteiger charge is 2.27. The molecule has 1 N–H and O–H groups in total. The number of nitrogens with one attached hydrogen (secondary N) is 1. The lowest BCUT2D eigenvalue weighted by Crippen LogP contribution is -2.36. The lowest BCUT2D eigenvalue weighted by Gasteiger charge is -2.18. The van der Waals surface area contributed by atoms with Gasteiger partial charge in [-0.2, -0.15) is 5.10 Å². The number of anilines is 1. The Hall–Kier alpha value is -4.86. The molecule has 2 heterocycles. The van der Waals surface area contributed by atoms with Crippen molar-refractivity contribution >= 4 is 35.4 Å². The van der Waals surface area contributed by atoms with Crippen LogP contribution >= 0.6 is 0 Å². The Balaban J connectivity index is 1.59. The third-order valence-electron chi connectivity index (χ3n) is 4.70. The first kappa shape index (κ1) is 22.3. The summed E-state index contributed by atoms with van der Waals surface area (Å²) in [7, 11) is 0. The van der Waals surface area contributed by atoms with Crippen LogP contribution in [0.3, 0.4) is 0 Å². The van der Waals surface area contributed by atoms with Gasteiger partial charge < -0.3 is 9.47 Å². The van der Waals surface area contributed by atoms with Crippen LogP contribution in [-0.4, -0.2) is 45.5 Å². The number of cyclic esters (lactones) is 1. The van der Waals surface area contributed by atoms with Gasteiger partial charge in [0.05, 0.1) is 5.69 Å². The number of esters is 1. The van der Waals surface area contributed by atoms with Gasteiger partial charge in [-0.1, -0.05) is 30.9 Å². The van der Waals surface area contributed by atoms with E-state index in [1.54, 1.807) is 48.6 Å². The van der Waals surface area contributed by atoms with Crippen LogP contribution in [-0.2, 0) is 14.3 Å². The fourth-order valence-corrected chi connectivity index (χ4v) is 3.17. The highest BCUT2D eigenvalue weighted by molar-refractivity contribution is 6.19.